The first-order valence-corrected chi connectivity index (χ1v) is 10.0. The number of halogens is 2. The van der Waals surface area contributed by atoms with Crippen LogP contribution in [0.5, 0.6) is 5.75 Å². The molecule has 0 aromatic heterocycles. The number of amides is 1. The number of ether oxygens (including phenoxy) is 1. The van der Waals surface area contributed by atoms with E-state index in [4.69, 9.17) is 27.9 Å². The fourth-order valence-corrected chi connectivity index (χ4v) is 3.52. The summed E-state index contributed by atoms with van der Waals surface area (Å²) in [6.45, 7) is 0.423. The summed E-state index contributed by atoms with van der Waals surface area (Å²) in [5, 5.41) is 3.51. The molecule has 2 rings (SSSR count). The van der Waals surface area contributed by atoms with Crippen LogP contribution in [0.25, 0.3) is 0 Å². The average Bonchev–Trinajstić information content (AvgIpc) is 2.59. The Bertz CT molecular complexity index is 859. The van der Waals surface area contributed by atoms with Crippen molar-refractivity contribution >= 4 is 39.1 Å². The van der Waals surface area contributed by atoms with E-state index in [1.165, 1.54) is 12.1 Å². The molecule has 2 aromatic rings. The summed E-state index contributed by atoms with van der Waals surface area (Å²) in [5.41, 5.74) is 0. The van der Waals surface area contributed by atoms with Crippen LogP contribution in [0.4, 0.5) is 0 Å². The molecule has 2 N–H and O–H groups in total. The molecular formula is C17H18Cl2N2O4S. The maximum absolute atomic E-state index is 12.1. The molecule has 0 atom stereocenters. The van der Waals surface area contributed by atoms with Crippen molar-refractivity contribution in [1.29, 1.82) is 0 Å². The highest BCUT2D eigenvalue weighted by molar-refractivity contribution is 7.89. The van der Waals surface area contributed by atoms with Crippen molar-refractivity contribution in [3.8, 4) is 5.75 Å². The maximum atomic E-state index is 12.1. The predicted molar refractivity (Wildman–Crippen MR) is 101 cm³/mol. The molecule has 0 heterocycles. The third-order valence-electron chi connectivity index (χ3n) is 3.24. The Morgan fingerprint density at radius 2 is 1.69 bits per heavy atom. The lowest BCUT2D eigenvalue weighted by molar-refractivity contribution is -0.121. The van der Waals surface area contributed by atoms with Crippen LogP contribution in [0.2, 0.25) is 10.0 Å². The molecule has 0 saturated carbocycles. The highest BCUT2D eigenvalue weighted by atomic mass is 35.5. The summed E-state index contributed by atoms with van der Waals surface area (Å²) >= 11 is 11.6. The lowest BCUT2D eigenvalue weighted by Gasteiger charge is -2.09. The maximum Gasteiger partial charge on any atom is 0.240 e. The summed E-state index contributed by atoms with van der Waals surface area (Å²) in [4.78, 5) is 11.8. The van der Waals surface area contributed by atoms with Gasteiger partial charge >= 0.3 is 0 Å². The number of carbonyl (C=O) groups excluding carboxylic acids is 1. The van der Waals surface area contributed by atoms with E-state index in [1.807, 2.05) is 0 Å². The lowest BCUT2D eigenvalue weighted by Crippen LogP contribution is -2.35. The number of benzene rings is 2. The fraction of sp³-hybridized carbons (Fsp3) is 0.235. The summed E-state index contributed by atoms with van der Waals surface area (Å²) in [7, 11) is -3.66. The highest BCUT2D eigenvalue weighted by Crippen LogP contribution is 2.17. The Kier molecular flexibility index (Phi) is 7.71. The minimum absolute atomic E-state index is 0.0652. The van der Waals surface area contributed by atoms with E-state index in [2.05, 4.69) is 10.0 Å². The van der Waals surface area contributed by atoms with Gasteiger partial charge in [-0.2, -0.15) is 0 Å². The quantitative estimate of drug-likeness (QED) is 0.615. The zero-order valence-electron chi connectivity index (χ0n) is 13.7. The second-order valence-corrected chi connectivity index (χ2v) is 7.90. The topological polar surface area (TPSA) is 84.5 Å². The molecular weight excluding hydrogens is 399 g/mol. The van der Waals surface area contributed by atoms with Gasteiger partial charge in [0.15, 0.2) is 0 Å². The minimum Gasteiger partial charge on any atom is -0.493 e. The number of hydrogen-bond acceptors (Lipinski definition) is 4. The van der Waals surface area contributed by atoms with Crippen molar-refractivity contribution in [2.75, 3.05) is 19.7 Å². The molecule has 6 nitrogen and oxygen atoms in total. The van der Waals surface area contributed by atoms with E-state index < -0.39 is 10.0 Å². The molecule has 9 heteroatoms. The average molecular weight is 417 g/mol. The molecule has 0 spiro atoms. The number of sulfonamides is 1. The van der Waals surface area contributed by atoms with Crippen molar-refractivity contribution in [3.05, 3.63) is 58.6 Å². The van der Waals surface area contributed by atoms with E-state index >= 15 is 0 Å². The van der Waals surface area contributed by atoms with Gasteiger partial charge in [0.2, 0.25) is 15.9 Å². The van der Waals surface area contributed by atoms with Gasteiger partial charge in [0.05, 0.1) is 17.9 Å². The zero-order valence-corrected chi connectivity index (χ0v) is 16.1. The van der Waals surface area contributed by atoms with Crippen molar-refractivity contribution in [2.45, 2.75) is 11.3 Å². The molecule has 0 aliphatic heterocycles. The fourth-order valence-electron chi connectivity index (χ4n) is 2.01. The molecule has 0 saturated heterocycles. The zero-order chi connectivity index (χ0) is 19.0. The van der Waals surface area contributed by atoms with E-state index in [1.54, 1.807) is 36.4 Å². The first-order valence-electron chi connectivity index (χ1n) is 7.77. The Balaban J connectivity index is 1.67. The highest BCUT2D eigenvalue weighted by Gasteiger charge is 2.13. The van der Waals surface area contributed by atoms with Gasteiger partial charge in [0, 0.05) is 23.1 Å². The van der Waals surface area contributed by atoms with Gasteiger partial charge in [-0.15, -0.1) is 0 Å². The van der Waals surface area contributed by atoms with Crippen LogP contribution in [0, 0.1) is 0 Å². The van der Waals surface area contributed by atoms with Crippen molar-refractivity contribution < 1.29 is 17.9 Å². The summed E-state index contributed by atoms with van der Waals surface area (Å²) in [6, 6.07) is 12.8. The van der Waals surface area contributed by atoms with Crippen LogP contribution < -0.4 is 14.8 Å². The third-order valence-corrected chi connectivity index (χ3v) is 5.17. The van der Waals surface area contributed by atoms with Crippen LogP contribution in [-0.4, -0.2) is 34.0 Å². The van der Waals surface area contributed by atoms with Crippen molar-refractivity contribution in [1.82, 2.24) is 10.0 Å². The molecule has 26 heavy (non-hydrogen) atoms. The second kappa shape index (κ2) is 9.78. The predicted octanol–water partition coefficient (Wildman–Crippen LogP) is 2.86. The van der Waals surface area contributed by atoms with Crippen LogP contribution in [0.3, 0.4) is 0 Å². The number of carbonyl (C=O) groups is 1. The standard InChI is InChI=1S/C17H18Cl2N2O4S/c18-13-3-1-5-15(11-13)25-10-7-17(22)20-8-9-21-26(23,24)16-6-2-4-14(19)12-16/h1-6,11-12,21H,7-10H2,(H,20,22). The molecule has 140 valence electrons. The third kappa shape index (κ3) is 6.84. The molecule has 2 aromatic carbocycles. The van der Waals surface area contributed by atoms with Crippen LogP contribution in [0.15, 0.2) is 53.4 Å². The Labute approximate surface area is 162 Å². The van der Waals surface area contributed by atoms with Gasteiger partial charge in [0.1, 0.15) is 5.75 Å². The normalized spacial score (nSPS) is 11.2. The van der Waals surface area contributed by atoms with Crippen LogP contribution >= 0.6 is 23.2 Å². The smallest absolute Gasteiger partial charge is 0.240 e. The van der Waals surface area contributed by atoms with Gasteiger partial charge in [-0.25, -0.2) is 13.1 Å². The van der Waals surface area contributed by atoms with Gasteiger partial charge in [-0.05, 0) is 36.4 Å². The lowest BCUT2D eigenvalue weighted by atomic mass is 10.3. The molecule has 0 aliphatic carbocycles. The Morgan fingerprint density at radius 3 is 2.38 bits per heavy atom. The molecule has 0 fully saturated rings. The SMILES string of the molecule is O=C(CCOc1cccc(Cl)c1)NCCNS(=O)(=O)c1cccc(Cl)c1. The number of hydrogen-bond donors (Lipinski definition) is 2. The summed E-state index contributed by atoms with van der Waals surface area (Å²) in [5.74, 6) is 0.341. The summed E-state index contributed by atoms with van der Waals surface area (Å²) < 4.78 is 32.0. The van der Waals surface area contributed by atoms with Gasteiger partial charge < -0.3 is 10.1 Å². The van der Waals surface area contributed by atoms with E-state index in [9.17, 15) is 13.2 Å². The van der Waals surface area contributed by atoms with E-state index in [0.717, 1.165) is 0 Å². The Hall–Kier alpha value is -1.80. The van der Waals surface area contributed by atoms with E-state index in [-0.39, 0.29) is 36.9 Å². The first kappa shape index (κ1) is 20.5. The van der Waals surface area contributed by atoms with Crippen LogP contribution in [-0.2, 0) is 14.8 Å². The van der Waals surface area contributed by atoms with Gasteiger partial charge in [-0.3, -0.25) is 4.79 Å². The van der Waals surface area contributed by atoms with Crippen LogP contribution in [0.1, 0.15) is 6.42 Å². The van der Waals surface area contributed by atoms with Gasteiger partial charge in [0.25, 0.3) is 0 Å². The molecule has 0 radical (unpaired) electrons. The second-order valence-electron chi connectivity index (χ2n) is 5.26. The number of nitrogens with one attached hydrogen (secondary N) is 2. The van der Waals surface area contributed by atoms with E-state index in [0.29, 0.717) is 15.8 Å². The number of rotatable bonds is 9. The van der Waals surface area contributed by atoms with Gasteiger partial charge in [-0.1, -0.05) is 35.3 Å². The van der Waals surface area contributed by atoms with Crippen molar-refractivity contribution in [2.24, 2.45) is 0 Å². The summed E-state index contributed by atoms with van der Waals surface area (Å²) in [6.07, 6.45) is 0.146. The Morgan fingerprint density at radius 1 is 1.00 bits per heavy atom. The first-order chi connectivity index (χ1) is 12.4. The molecule has 1 amide bonds. The molecule has 0 aliphatic rings. The van der Waals surface area contributed by atoms with Crippen molar-refractivity contribution in [3.63, 3.8) is 0 Å². The minimum atomic E-state index is -3.66. The monoisotopic (exact) mass is 416 g/mol. The largest absolute Gasteiger partial charge is 0.493 e. The molecule has 0 bridgehead atoms. The molecule has 0 unspecified atom stereocenters.